The van der Waals surface area contributed by atoms with Crippen molar-refractivity contribution in [2.24, 2.45) is 0 Å². The fraction of sp³-hybridized carbons (Fsp3) is 0.188. The second-order valence-corrected chi connectivity index (χ2v) is 5.19. The molecule has 110 valence electrons. The SMILES string of the molecule is O=C(c1ccoc1)N1CCn2c(-c3cccnc3)cnc2C1. The Labute approximate surface area is 127 Å². The van der Waals surface area contributed by atoms with Gasteiger partial charge in [0.1, 0.15) is 12.1 Å². The van der Waals surface area contributed by atoms with Gasteiger partial charge in [0, 0.05) is 31.0 Å². The minimum atomic E-state index is -0.0223. The monoisotopic (exact) mass is 294 g/mol. The Hall–Kier alpha value is -2.89. The summed E-state index contributed by atoms with van der Waals surface area (Å²) in [6.07, 6.45) is 8.41. The highest BCUT2D eigenvalue weighted by molar-refractivity contribution is 5.93. The number of amides is 1. The summed E-state index contributed by atoms with van der Waals surface area (Å²) in [6.45, 7) is 1.88. The van der Waals surface area contributed by atoms with E-state index in [2.05, 4.69) is 14.5 Å². The Kier molecular flexibility index (Phi) is 3.00. The maximum absolute atomic E-state index is 12.4. The van der Waals surface area contributed by atoms with Crippen molar-refractivity contribution in [1.29, 1.82) is 0 Å². The third-order valence-electron chi connectivity index (χ3n) is 3.88. The summed E-state index contributed by atoms with van der Waals surface area (Å²) in [4.78, 5) is 22.8. The first-order valence-corrected chi connectivity index (χ1v) is 7.09. The van der Waals surface area contributed by atoms with Crippen LogP contribution in [0.15, 0.2) is 53.7 Å². The molecule has 4 heterocycles. The predicted octanol–water partition coefficient (Wildman–Crippen LogP) is 2.19. The molecule has 0 atom stereocenters. The first kappa shape index (κ1) is 12.8. The number of imidazole rings is 1. The van der Waals surface area contributed by atoms with Crippen molar-refractivity contribution in [3.05, 3.63) is 60.7 Å². The molecule has 3 aromatic rings. The Balaban J connectivity index is 1.61. The summed E-state index contributed by atoms with van der Waals surface area (Å²) < 4.78 is 7.13. The summed E-state index contributed by atoms with van der Waals surface area (Å²) in [6, 6.07) is 5.61. The fourth-order valence-electron chi connectivity index (χ4n) is 2.75. The molecule has 0 saturated carbocycles. The van der Waals surface area contributed by atoms with Crippen molar-refractivity contribution in [1.82, 2.24) is 19.4 Å². The van der Waals surface area contributed by atoms with Crippen molar-refractivity contribution in [3.8, 4) is 11.3 Å². The van der Waals surface area contributed by atoms with Crippen LogP contribution in [0.1, 0.15) is 16.2 Å². The van der Waals surface area contributed by atoms with E-state index in [1.165, 1.54) is 12.5 Å². The average Bonchev–Trinajstić information content (AvgIpc) is 3.24. The molecule has 0 unspecified atom stereocenters. The van der Waals surface area contributed by atoms with Crippen LogP contribution < -0.4 is 0 Å². The quantitative estimate of drug-likeness (QED) is 0.727. The van der Waals surface area contributed by atoms with Gasteiger partial charge in [-0.15, -0.1) is 0 Å². The van der Waals surface area contributed by atoms with Crippen molar-refractivity contribution in [2.45, 2.75) is 13.1 Å². The van der Waals surface area contributed by atoms with E-state index in [9.17, 15) is 4.79 Å². The third-order valence-corrected chi connectivity index (χ3v) is 3.88. The van der Waals surface area contributed by atoms with Gasteiger partial charge < -0.3 is 13.9 Å². The predicted molar refractivity (Wildman–Crippen MR) is 78.9 cm³/mol. The van der Waals surface area contributed by atoms with Gasteiger partial charge in [-0.1, -0.05) is 0 Å². The van der Waals surface area contributed by atoms with Gasteiger partial charge in [0.05, 0.1) is 30.3 Å². The summed E-state index contributed by atoms with van der Waals surface area (Å²) >= 11 is 0. The number of aromatic nitrogens is 3. The van der Waals surface area contributed by atoms with Gasteiger partial charge in [0.2, 0.25) is 0 Å². The molecule has 22 heavy (non-hydrogen) atoms. The molecule has 6 heteroatoms. The number of hydrogen-bond acceptors (Lipinski definition) is 4. The van der Waals surface area contributed by atoms with E-state index in [0.29, 0.717) is 18.7 Å². The minimum absolute atomic E-state index is 0.0223. The van der Waals surface area contributed by atoms with Crippen LogP contribution in [-0.4, -0.2) is 31.9 Å². The van der Waals surface area contributed by atoms with E-state index >= 15 is 0 Å². The van der Waals surface area contributed by atoms with Crippen molar-refractivity contribution < 1.29 is 9.21 Å². The lowest BCUT2D eigenvalue weighted by atomic mass is 10.2. The van der Waals surface area contributed by atoms with E-state index in [0.717, 1.165) is 23.6 Å². The van der Waals surface area contributed by atoms with E-state index < -0.39 is 0 Å². The van der Waals surface area contributed by atoms with E-state index in [1.807, 2.05) is 24.5 Å². The molecule has 0 bridgehead atoms. The number of nitrogens with zero attached hydrogens (tertiary/aromatic N) is 4. The van der Waals surface area contributed by atoms with Crippen molar-refractivity contribution in [2.75, 3.05) is 6.54 Å². The van der Waals surface area contributed by atoms with E-state index in [4.69, 9.17) is 4.42 Å². The Morgan fingerprint density at radius 3 is 2.95 bits per heavy atom. The lowest BCUT2D eigenvalue weighted by Crippen LogP contribution is -2.38. The number of carbonyl (C=O) groups is 1. The van der Waals surface area contributed by atoms with Gasteiger partial charge in [-0.2, -0.15) is 0 Å². The van der Waals surface area contributed by atoms with Crippen LogP contribution in [0.25, 0.3) is 11.3 Å². The van der Waals surface area contributed by atoms with Crippen LogP contribution in [-0.2, 0) is 13.1 Å². The normalized spacial score (nSPS) is 13.9. The second kappa shape index (κ2) is 5.14. The molecule has 0 aliphatic carbocycles. The lowest BCUT2D eigenvalue weighted by molar-refractivity contribution is 0.0707. The Morgan fingerprint density at radius 1 is 1.23 bits per heavy atom. The fourth-order valence-corrected chi connectivity index (χ4v) is 2.75. The Morgan fingerprint density at radius 2 is 2.18 bits per heavy atom. The third kappa shape index (κ3) is 2.09. The largest absolute Gasteiger partial charge is 0.472 e. The number of fused-ring (bicyclic) bond motifs is 1. The summed E-state index contributed by atoms with van der Waals surface area (Å²) in [5, 5.41) is 0. The highest BCUT2D eigenvalue weighted by atomic mass is 16.3. The van der Waals surface area contributed by atoms with Gasteiger partial charge in [-0.05, 0) is 18.2 Å². The van der Waals surface area contributed by atoms with Crippen LogP contribution in [0.5, 0.6) is 0 Å². The maximum atomic E-state index is 12.4. The zero-order chi connectivity index (χ0) is 14.9. The Bertz CT molecular complexity index is 793. The van der Waals surface area contributed by atoms with Crippen LogP contribution >= 0.6 is 0 Å². The minimum Gasteiger partial charge on any atom is -0.472 e. The van der Waals surface area contributed by atoms with Gasteiger partial charge in [-0.3, -0.25) is 9.78 Å². The number of hydrogen-bond donors (Lipinski definition) is 0. The van der Waals surface area contributed by atoms with Crippen LogP contribution in [0, 0.1) is 0 Å². The number of pyridine rings is 1. The van der Waals surface area contributed by atoms with Gasteiger partial charge in [-0.25, -0.2) is 4.98 Å². The van der Waals surface area contributed by atoms with Gasteiger partial charge in [0.15, 0.2) is 0 Å². The molecule has 6 nitrogen and oxygen atoms in total. The second-order valence-electron chi connectivity index (χ2n) is 5.19. The summed E-state index contributed by atoms with van der Waals surface area (Å²) in [7, 11) is 0. The van der Waals surface area contributed by atoms with Crippen molar-refractivity contribution in [3.63, 3.8) is 0 Å². The molecule has 0 saturated heterocycles. The molecule has 0 spiro atoms. The molecule has 3 aromatic heterocycles. The summed E-state index contributed by atoms with van der Waals surface area (Å²) in [5.74, 6) is 0.868. The first-order chi connectivity index (χ1) is 10.8. The lowest BCUT2D eigenvalue weighted by Gasteiger charge is -2.28. The smallest absolute Gasteiger partial charge is 0.257 e. The highest BCUT2D eigenvalue weighted by Crippen LogP contribution is 2.24. The van der Waals surface area contributed by atoms with E-state index in [-0.39, 0.29) is 5.91 Å². The van der Waals surface area contributed by atoms with Crippen LogP contribution in [0.4, 0.5) is 0 Å². The zero-order valence-electron chi connectivity index (χ0n) is 11.8. The maximum Gasteiger partial charge on any atom is 0.257 e. The standard InChI is InChI=1S/C16H14N4O2/c21-16(13-3-7-22-11-13)19-5-6-20-14(9-18-15(20)10-19)12-2-1-4-17-8-12/h1-4,7-9,11H,5-6,10H2. The molecular formula is C16H14N4O2. The highest BCUT2D eigenvalue weighted by Gasteiger charge is 2.25. The molecular weight excluding hydrogens is 280 g/mol. The number of furan rings is 1. The molecule has 0 N–H and O–H groups in total. The molecule has 1 aliphatic rings. The number of carbonyl (C=O) groups excluding carboxylic acids is 1. The molecule has 0 aromatic carbocycles. The summed E-state index contributed by atoms with van der Waals surface area (Å²) in [5.41, 5.74) is 2.65. The zero-order valence-corrected chi connectivity index (χ0v) is 11.8. The topological polar surface area (TPSA) is 64.2 Å². The van der Waals surface area contributed by atoms with Gasteiger partial charge >= 0.3 is 0 Å². The number of rotatable bonds is 2. The molecule has 1 amide bonds. The molecule has 0 fully saturated rings. The average molecular weight is 294 g/mol. The van der Waals surface area contributed by atoms with Gasteiger partial charge in [0.25, 0.3) is 5.91 Å². The van der Waals surface area contributed by atoms with Crippen molar-refractivity contribution >= 4 is 5.91 Å². The molecule has 0 radical (unpaired) electrons. The van der Waals surface area contributed by atoms with Crippen LogP contribution in [0.3, 0.4) is 0 Å². The first-order valence-electron chi connectivity index (χ1n) is 7.09. The molecule has 1 aliphatic heterocycles. The van der Waals surface area contributed by atoms with E-state index in [1.54, 1.807) is 17.2 Å². The van der Waals surface area contributed by atoms with Crippen LogP contribution in [0.2, 0.25) is 0 Å². The molecule has 4 rings (SSSR count).